The summed E-state index contributed by atoms with van der Waals surface area (Å²) in [4.78, 5) is 9.52. The summed E-state index contributed by atoms with van der Waals surface area (Å²) >= 11 is 0. The number of hydrogen-bond acceptors (Lipinski definition) is 2. The first-order valence-corrected chi connectivity index (χ1v) is 29.6. The van der Waals surface area contributed by atoms with Crippen LogP contribution in [0.1, 0.15) is 47.2 Å². The number of aromatic nitrogens is 4. The van der Waals surface area contributed by atoms with Crippen LogP contribution in [0.5, 0.6) is 0 Å². The van der Waals surface area contributed by atoms with E-state index in [1.807, 2.05) is 24.5 Å². The fourth-order valence-corrected chi connectivity index (χ4v) is 14.7. The number of para-hydroxylation sites is 4. The van der Waals surface area contributed by atoms with Gasteiger partial charge < -0.3 is 19.1 Å². The maximum atomic E-state index is 4.78. The Kier molecular flexibility index (Phi) is 12.3. The molecule has 4 aromatic heterocycles. The van der Waals surface area contributed by atoms with Gasteiger partial charge in [0.1, 0.15) is 0 Å². The molecule has 0 amide bonds. The fourth-order valence-electron chi connectivity index (χ4n) is 14.7. The molecule has 0 unspecified atom stereocenters. The summed E-state index contributed by atoms with van der Waals surface area (Å²) in [6.45, 7) is 4.69. The molecular weight excluding hydrogens is 1230 g/mol. The zero-order chi connectivity index (χ0) is 57.1. The standard InChI is InChI=1S/C46H29N2.C36H25N2.Ir/c1-3-16-35(17-4-1)46(36-18-5-2-6-19-36)40-22-9-10-24-43(40)48-42-26-25-33(30-39(42)38-21-12-23-41(46)45(38)48)32-14-11-15-34(29-32)44-37-20-8-7-13-31(37)27-28-47-44;1-36(2)30-14-5-6-16-33(30)38-32-18-17-25(22-29(32)28-13-8-15-31(36)35(28)38)24-10-7-11-26(21-24)34-27-12-4-3-9-23(27)19-20-37-34;/h1-14,16-30H;3-10,12-22H,1-2H3;/q2*-1;. The number of fused-ring (bicyclic) bond motifs is 12. The third-order valence-electron chi connectivity index (χ3n) is 18.6. The molecule has 4 nitrogen and oxygen atoms in total. The van der Waals surface area contributed by atoms with Crippen LogP contribution < -0.4 is 0 Å². The predicted octanol–water partition coefficient (Wildman–Crippen LogP) is 20.3. The van der Waals surface area contributed by atoms with Crippen LogP contribution in [0.25, 0.3) is 121 Å². The van der Waals surface area contributed by atoms with Gasteiger partial charge in [-0.25, -0.2) is 0 Å². The van der Waals surface area contributed by atoms with Gasteiger partial charge in [0.25, 0.3) is 0 Å². The van der Waals surface area contributed by atoms with E-state index in [1.54, 1.807) is 0 Å². The van der Waals surface area contributed by atoms with E-state index < -0.39 is 5.41 Å². The van der Waals surface area contributed by atoms with Crippen LogP contribution in [0, 0.1) is 12.1 Å². The van der Waals surface area contributed by atoms with E-state index in [1.165, 1.54) is 116 Å². The Morgan fingerprint density at radius 1 is 0.333 bits per heavy atom. The summed E-state index contributed by atoms with van der Waals surface area (Å²) in [6.07, 6.45) is 3.78. The molecule has 0 atom stereocenters. The summed E-state index contributed by atoms with van der Waals surface area (Å²) in [6, 6.07) is 108. The molecule has 0 N–H and O–H groups in total. The smallest absolute Gasteiger partial charge is 0.0742 e. The van der Waals surface area contributed by atoms with Gasteiger partial charge in [0.15, 0.2) is 0 Å². The van der Waals surface area contributed by atoms with Gasteiger partial charge in [0.05, 0.1) is 38.9 Å². The average Bonchev–Trinajstić information content (AvgIpc) is 1.65. The number of benzene rings is 12. The first kappa shape index (κ1) is 52.3. The molecule has 0 saturated heterocycles. The van der Waals surface area contributed by atoms with Gasteiger partial charge >= 0.3 is 0 Å². The number of rotatable bonds is 6. The van der Waals surface area contributed by atoms with Crippen molar-refractivity contribution >= 4 is 65.2 Å². The van der Waals surface area contributed by atoms with E-state index in [4.69, 9.17) is 9.97 Å². The van der Waals surface area contributed by atoms with Crippen molar-refractivity contribution in [1.29, 1.82) is 0 Å². The maximum absolute atomic E-state index is 4.78. The minimum absolute atomic E-state index is 0. The molecule has 5 heteroatoms. The van der Waals surface area contributed by atoms with Gasteiger partial charge in [0.2, 0.25) is 0 Å². The normalized spacial score (nSPS) is 13.3. The van der Waals surface area contributed by atoms with Gasteiger partial charge in [0, 0.05) is 59.5 Å². The molecule has 18 rings (SSSR count). The Hall–Kier alpha value is -10.3. The third kappa shape index (κ3) is 7.93. The van der Waals surface area contributed by atoms with Crippen molar-refractivity contribution in [3.05, 3.63) is 337 Å². The van der Waals surface area contributed by atoms with Crippen molar-refractivity contribution in [2.75, 3.05) is 0 Å². The quantitative estimate of drug-likeness (QED) is 0.156. The van der Waals surface area contributed by atoms with Crippen molar-refractivity contribution in [2.45, 2.75) is 24.7 Å². The second kappa shape index (κ2) is 20.5. The molecule has 0 bridgehead atoms. The average molecular weight is 1290 g/mol. The molecule has 0 fully saturated rings. The van der Waals surface area contributed by atoms with Crippen LogP contribution in [0.15, 0.2) is 291 Å². The minimum Gasteiger partial charge on any atom is -0.309 e. The van der Waals surface area contributed by atoms with Crippen LogP contribution in [0.3, 0.4) is 0 Å². The Morgan fingerprint density at radius 2 is 0.747 bits per heavy atom. The first-order chi connectivity index (χ1) is 42.4. The SMILES string of the molecule is CC1(C)c2ccccc2-n2c3ccc(-c4cc[c-]c(-c5nccc6ccccc56)c4)cc3c3cccc1c32.[Ir].[c-]1ccc(-c2ccc3c(c2)c2cccc4c2n3-c2ccccc2C4(c2ccccc2)c2ccccc2)cc1-c1nccc2ccccc12. The van der Waals surface area contributed by atoms with E-state index in [-0.39, 0.29) is 25.5 Å². The Morgan fingerprint density at radius 3 is 1.29 bits per heavy atom. The largest absolute Gasteiger partial charge is 0.309 e. The van der Waals surface area contributed by atoms with Crippen molar-refractivity contribution in [3.8, 4) is 56.1 Å². The zero-order valence-corrected chi connectivity index (χ0v) is 50.2. The molecule has 0 spiro atoms. The zero-order valence-electron chi connectivity index (χ0n) is 47.8. The Bertz CT molecular complexity index is 5350. The van der Waals surface area contributed by atoms with Crippen LogP contribution in [-0.4, -0.2) is 19.1 Å². The molecule has 0 saturated carbocycles. The monoisotopic (exact) mass is 1290 g/mol. The Balaban J connectivity index is 0.000000143. The molecule has 87 heavy (non-hydrogen) atoms. The minimum atomic E-state index is -0.471. The third-order valence-corrected chi connectivity index (χ3v) is 18.6. The summed E-state index contributed by atoms with van der Waals surface area (Å²) in [5.41, 5.74) is 23.5. The fraction of sp³-hybridized carbons (Fsp3) is 0.0488. The number of hydrogen-bond donors (Lipinski definition) is 0. The topological polar surface area (TPSA) is 35.6 Å². The molecule has 6 heterocycles. The van der Waals surface area contributed by atoms with Crippen molar-refractivity contribution in [1.82, 2.24) is 19.1 Å². The first-order valence-electron chi connectivity index (χ1n) is 29.6. The van der Waals surface area contributed by atoms with Crippen molar-refractivity contribution in [3.63, 3.8) is 0 Å². The van der Waals surface area contributed by atoms with Gasteiger partial charge in [-0.05, 0) is 126 Å². The van der Waals surface area contributed by atoms with E-state index in [0.29, 0.717) is 0 Å². The van der Waals surface area contributed by atoms with Crippen molar-refractivity contribution in [2.24, 2.45) is 0 Å². The maximum Gasteiger partial charge on any atom is 0.0742 e. The molecule has 16 aromatic rings. The summed E-state index contributed by atoms with van der Waals surface area (Å²) in [7, 11) is 0. The molecule has 1 radical (unpaired) electrons. The summed E-state index contributed by atoms with van der Waals surface area (Å²) in [5, 5.41) is 9.74. The van der Waals surface area contributed by atoms with Gasteiger partial charge in [-0.1, -0.05) is 208 Å². The molecule has 12 aromatic carbocycles. The van der Waals surface area contributed by atoms with Crippen LogP contribution >= 0.6 is 0 Å². The van der Waals surface area contributed by atoms with Gasteiger partial charge in [-0.2, -0.15) is 0 Å². The molecule has 2 aliphatic heterocycles. The number of nitrogens with zero attached hydrogens (tertiary/aromatic N) is 4. The van der Waals surface area contributed by atoms with Gasteiger partial charge in [-0.15, -0.1) is 70.8 Å². The van der Waals surface area contributed by atoms with Crippen molar-refractivity contribution < 1.29 is 20.1 Å². The number of pyridine rings is 2. The van der Waals surface area contributed by atoms with E-state index in [2.05, 4.69) is 302 Å². The molecule has 413 valence electrons. The molecule has 2 aliphatic rings. The van der Waals surface area contributed by atoms with Crippen LogP contribution in [0.4, 0.5) is 0 Å². The summed E-state index contributed by atoms with van der Waals surface area (Å²) < 4.78 is 4.96. The second-order valence-electron chi connectivity index (χ2n) is 23.4. The second-order valence-corrected chi connectivity index (χ2v) is 23.4. The Labute approximate surface area is 518 Å². The molecule has 0 aliphatic carbocycles. The van der Waals surface area contributed by atoms with E-state index in [0.717, 1.165) is 38.9 Å². The van der Waals surface area contributed by atoms with Crippen LogP contribution in [0.2, 0.25) is 0 Å². The molecular formula is C82H54IrN4-2. The van der Waals surface area contributed by atoms with E-state index >= 15 is 0 Å². The van der Waals surface area contributed by atoms with Crippen LogP contribution in [-0.2, 0) is 30.9 Å². The summed E-state index contributed by atoms with van der Waals surface area (Å²) in [5.74, 6) is 0. The predicted molar refractivity (Wildman–Crippen MR) is 356 cm³/mol. The van der Waals surface area contributed by atoms with Gasteiger partial charge in [-0.3, -0.25) is 0 Å². The van der Waals surface area contributed by atoms with E-state index in [9.17, 15) is 0 Å².